The highest BCUT2D eigenvalue weighted by Gasteiger charge is 2.25. The molecule has 0 amide bonds. The summed E-state index contributed by atoms with van der Waals surface area (Å²) >= 11 is 0. The number of hydrogen-bond donors (Lipinski definition) is 2. The number of hydrogen-bond acceptors (Lipinski definition) is 5. The molecule has 0 spiro atoms. The fraction of sp³-hybridized carbons (Fsp3) is 0.130. The van der Waals surface area contributed by atoms with Crippen LogP contribution in [0.25, 0.3) is 11.1 Å². The van der Waals surface area contributed by atoms with Crippen LogP contribution in [0.2, 0.25) is 0 Å². The molecule has 29 heavy (non-hydrogen) atoms. The van der Waals surface area contributed by atoms with E-state index in [1.54, 1.807) is 36.4 Å². The molecule has 0 aromatic heterocycles. The van der Waals surface area contributed by atoms with Crippen molar-refractivity contribution in [2.45, 2.75) is 6.04 Å². The number of methoxy groups -OCH3 is 2. The molecule has 6 heteroatoms. The quantitative estimate of drug-likeness (QED) is 0.620. The van der Waals surface area contributed by atoms with Gasteiger partial charge in [-0.3, -0.25) is 0 Å². The summed E-state index contributed by atoms with van der Waals surface area (Å²) in [7, 11) is 3.05. The lowest BCUT2D eigenvalue weighted by Gasteiger charge is -2.22. The van der Waals surface area contributed by atoms with Crippen molar-refractivity contribution in [3.63, 3.8) is 0 Å². The number of nitriles is 1. The molecule has 1 atom stereocenters. The number of carboxylic acids is 1. The van der Waals surface area contributed by atoms with Crippen LogP contribution < -0.4 is 14.8 Å². The van der Waals surface area contributed by atoms with E-state index in [2.05, 4.69) is 5.32 Å². The number of anilines is 1. The number of nitrogens with zero attached hydrogens (tertiary/aromatic N) is 1. The smallest absolute Gasteiger partial charge is 0.330 e. The fourth-order valence-electron chi connectivity index (χ4n) is 3.08. The predicted octanol–water partition coefficient (Wildman–Crippen LogP) is 4.48. The lowest BCUT2D eigenvalue weighted by atomic mass is 9.93. The Labute approximate surface area is 168 Å². The highest BCUT2D eigenvalue weighted by atomic mass is 16.5. The molecule has 0 bridgehead atoms. The molecule has 0 aliphatic heterocycles. The van der Waals surface area contributed by atoms with Crippen LogP contribution in [0.4, 0.5) is 5.69 Å². The molecular weight excluding hydrogens is 368 g/mol. The van der Waals surface area contributed by atoms with Gasteiger partial charge in [-0.25, -0.2) is 4.79 Å². The van der Waals surface area contributed by atoms with E-state index in [9.17, 15) is 9.90 Å². The molecule has 3 aromatic carbocycles. The molecule has 146 valence electrons. The molecule has 0 heterocycles. The Hall–Kier alpha value is -3.98. The normalized spacial score (nSPS) is 11.2. The zero-order valence-electron chi connectivity index (χ0n) is 16.0. The number of nitrogens with one attached hydrogen (secondary N) is 1. The fourth-order valence-corrected chi connectivity index (χ4v) is 3.08. The van der Waals surface area contributed by atoms with E-state index in [0.29, 0.717) is 28.3 Å². The molecule has 0 saturated carbocycles. The van der Waals surface area contributed by atoms with Gasteiger partial charge >= 0.3 is 5.97 Å². The summed E-state index contributed by atoms with van der Waals surface area (Å²) in [6.45, 7) is 0. The van der Waals surface area contributed by atoms with E-state index in [1.807, 2.05) is 36.4 Å². The van der Waals surface area contributed by atoms with Crippen molar-refractivity contribution in [1.82, 2.24) is 0 Å². The molecule has 2 N–H and O–H groups in total. The largest absolute Gasteiger partial charge is 0.493 e. The summed E-state index contributed by atoms with van der Waals surface area (Å²) in [6, 6.07) is 20.6. The second-order valence-corrected chi connectivity index (χ2v) is 6.27. The van der Waals surface area contributed by atoms with Gasteiger partial charge in [-0.1, -0.05) is 30.3 Å². The average molecular weight is 388 g/mol. The minimum absolute atomic E-state index is 0.440. The van der Waals surface area contributed by atoms with Crippen LogP contribution in [-0.4, -0.2) is 25.3 Å². The van der Waals surface area contributed by atoms with Gasteiger partial charge in [0, 0.05) is 5.69 Å². The first-order valence-electron chi connectivity index (χ1n) is 8.88. The first-order chi connectivity index (χ1) is 14.1. The van der Waals surface area contributed by atoms with E-state index in [-0.39, 0.29) is 0 Å². The Balaban J connectivity index is 2.13. The predicted molar refractivity (Wildman–Crippen MR) is 110 cm³/mol. The Kier molecular flexibility index (Phi) is 6.00. The molecule has 0 aliphatic rings. The second-order valence-electron chi connectivity index (χ2n) is 6.27. The zero-order chi connectivity index (χ0) is 20.8. The number of rotatable bonds is 7. The molecule has 3 rings (SSSR count). The Morgan fingerprint density at radius 3 is 2.17 bits per heavy atom. The maximum absolute atomic E-state index is 12.2. The lowest BCUT2D eigenvalue weighted by molar-refractivity contribution is -0.138. The minimum atomic E-state index is -1.04. The van der Waals surface area contributed by atoms with Crippen molar-refractivity contribution in [1.29, 1.82) is 5.26 Å². The van der Waals surface area contributed by atoms with Crippen molar-refractivity contribution in [3.8, 4) is 28.7 Å². The number of benzene rings is 3. The van der Waals surface area contributed by atoms with Crippen LogP contribution in [0.1, 0.15) is 17.2 Å². The summed E-state index contributed by atoms with van der Waals surface area (Å²) in [5.74, 6) is -0.0913. The SMILES string of the molecule is COc1cc(-c2ccccc2)c(C(Nc2ccc(C#N)cc2)C(=O)O)cc1OC. The lowest BCUT2D eigenvalue weighted by Crippen LogP contribution is -2.21. The third-order valence-corrected chi connectivity index (χ3v) is 4.52. The van der Waals surface area contributed by atoms with Gasteiger partial charge in [0.1, 0.15) is 0 Å². The van der Waals surface area contributed by atoms with Crippen molar-refractivity contribution < 1.29 is 19.4 Å². The van der Waals surface area contributed by atoms with Crippen LogP contribution in [-0.2, 0) is 4.79 Å². The van der Waals surface area contributed by atoms with Crippen LogP contribution in [0.3, 0.4) is 0 Å². The van der Waals surface area contributed by atoms with Gasteiger partial charge in [-0.05, 0) is 53.1 Å². The summed E-state index contributed by atoms with van der Waals surface area (Å²) < 4.78 is 10.8. The minimum Gasteiger partial charge on any atom is -0.493 e. The first-order valence-corrected chi connectivity index (χ1v) is 8.88. The van der Waals surface area contributed by atoms with Crippen molar-refractivity contribution in [2.75, 3.05) is 19.5 Å². The second kappa shape index (κ2) is 8.81. The summed E-state index contributed by atoms with van der Waals surface area (Å²) in [6.07, 6.45) is 0. The highest BCUT2D eigenvalue weighted by molar-refractivity contribution is 5.85. The third kappa shape index (κ3) is 4.30. The number of carbonyl (C=O) groups is 1. The third-order valence-electron chi connectivity index (χ3n) is 4.52. The van der Waals surface area contributed by atoms with Gasteiger partial charge < -0.3 is 19.9 Å². The van der Waals surface area contributed by atoms with E-state index in [0.717, 1.165) is 11.1 Å². The Morgan fingerprint density at radius 1 is 1.00 bits per heavy atom. The molecule has 1 unspecified atom stereocenters. The number of carboxylic acid groups (broad SMARTS) is 1. The molecular formula is C23H20N2O4. The number of aliphatic carboxylic acids is 1. The van der Waals surface area contributed by atoms with Crippen molar-refractivity contribution in [2.24, 2.45) is 0 Å². The summed E-state index contributed by atoms with van der Waals surface area (Å²) in [4.78, 5) is 12.2. The molecule has 3 aromatic rings. The Morgan fingerprint density at radius 2 is 1.62 bits per heavy atom. The van der Waals surface area contributed by atoms with E-state index in [4.69, 9.17) is 14.7 Å². The highest BCUT2D eigenvalue weighted by Crippen LogP contribution is 2.39. The first kappa shape index (κ1) is 19.8. The summed E-state index contributed by atoms with van der Waals surface area (Å²) in [5.41, 5.74) is 3.20. The maximum atomic E-state index is 12.2. The number of ether oxygens (including phenoxy) is 2. The van der Waals surface area contributed by atoms with Crippen LogP contribution >= 0.6 is 0 Å². The molecule has 6 nitrogen and oxygen atoms in total. The summed E-state index contributed by atoms with van der Waals surface area (Å²) in [5, 5.41) is 22.0. The van der Waals surface area contributed by atoms with Gasteiger partial charge in [0.15, 0.2) is 17.5 Å². The topological polar surface area (TPSA) is 91.6 Å². The standard InChI is InChI=1S/C23H20N2O4/c1-28-20-12-18(16-6-4-3-5-7-16)19(13-21(20)29-2)22(23(26)27)25-17-10-8-15(14-24)9-11-17/h3-13,22,25H,1-2H3,(H,26,27). The van der Waals surface area contributed by atoms with E-state index in [1.165, 1.54) is 14.2 Å². The Bertz CT molecular complexity index is 1040. The van der Waals surface area contributed by atoms with Crippen molar-refractivity contribution >= 4 is 11.7 Å². The molecule has 0 saturated heterocycles. The van der Waals surface area contributed by atoms with E-state index >= 15 is 0 Å². The van der Waals surface area contributed by atoms with Crippen molar-refractivity contribution in [3.05, 3.63) is 77.9 Å². The zero-order valence-corrected chi connectivity index (χ0v) is 16.0. The molecule has 0 aliphatic carbocycles. The van der Waals surface area contributed by atoms with Crippen LogP contribution in [0, 0.1) is 11.3 Å². The molecule has 0 radical (unpaired) electrons. The molecule has 0 fully saturated rings. The van der Waals surface area contributed by atoms with E-state index < -0.39 is 12.0 Å². The maximum Gasteiger partial charge on any atom is 0.330 e. The monoisotopic (exact) mass is 388 g/mol. The van der Waals surface area contributed by atoms with Crippen LogP contribution in [0.5, 0.6) is 11.5 Å². The van der Waals surface area contributed by atoms with Gasteiger partial charge in [0.25, 0.3) is 0 Å². The van der Waals surface area contributed by atoms with Gasteiger partial charge in [-0.2, -0.15) is 5.26 Å². The van der Waals surface area contributed by atoms with Gasteiger partial charge in [0.05, 0.1) is 25.9 Å². The van der Waals surface area contributed by atoms with Gasteiger partial charge in [0.2, 0.25) is 0 Å². The van der Waals surface area contributed by atoms with Crippen LogP contribution in [0.15, 0.2) is 66.7 Å². The average Bonchev–Trinajstić information content (AvgIpc) is 2.77. The van der Waals surface area contributed by atoms with Gasteiger partial charge in [-0.15, -0.1) is 0 Å².